The van der Waals surface area contributed by atoms with E-state index in [1.807, 2.05) is 0 Å². The Morgan fingerprint density at radius 3 is 2.94 bits per heavy atom. The predicted molar refractivity (Wildman–Crippen MR) is 72.7 cm³/mol. The molecule has 4 heteroatoms. The number of nitrogens with one attached hydrogen (secondary N) is 2. The first-order chi connectivity index (χ1) is 8.75. The van der Waals surface area contributed by atoms with Crippen molar-refractivity contribution >= 4 is 0 Å². The van der Waals surface area contributed by atoms with Crippen LogP contribution in [0.15, 0.2) is 0 Å². The standard InChI is InChI=1S/C14H28N2O2/c1-11(8-13-10-18-7-6-15-13)16-9-12-4-2-3-5-14(12)17/h11-17H,2-10H2,1H3. The molecule has 4 nitrogen and oxygen atoms in total. The first-order valence-corrected chi connectivity index (χ1v) is 7.48. The Morgan fingerprint density at radius 1 is 1.39 bits per heavy atom. The zero-order valence-electron chi connectivity index (χ0n) is 11.5. The van der Waals surface area contributed by atoms with Gasteiger partial charge in [-0.1, -0.05) is 12.8 Å². The quantitative estimate of drug-likeness (QED) is 0.684. The molecular formula is C14H28N2O2. The van der Waals surface area contributed by atoms with E-state index in [1.165, 1.54) is 19.3 Å². The van der Waals surface area contributed by atoms with Crippen LogP contribution in [0.2, 0.25) is 0 Å². The molecule has 1 heterocycles. The number of morpholine rings is 1. The van der Waals surface area contributed by atoms with Crippen molar-refractivity contribution in [2.24, 2.45) is 5.92 Å². The number of rotatable bonds is 5. The molecular weight excluding hydrogens is 228 g/mol. The minimum absolute atomic E-state index is 0.0883. The van der Waals surface area contributed by atoms with Gasteiger partial charge in [-0.15, -0.1) is 0 Å². The van der Waals surface area contributed by atoms with E-state index in [4.69, 9.17) is 4.74 Å². The Hall–Kier alpha value is -0.160. The van der Waals surface area contributed by atoms with Gasteiger partial charge in [-0.2, -0.15) is 0 Å². The third-order valence-electron chi connectivity index (χ3n) is 4.23. The second-order valence-electron chi connectivity index (χ2n) is 5.88. The topological polar surface area (TPSA) is 53.5 Å². The number of ether oxygens (including phenoxy) is 1. The Labute approximate surface area is 110 Å². The molecule has 1 aliphatic carbocycles. The first kappa shape index (κ1) is 14.3. The summed E-state index contributed by atoms with van der Waals surface area (Å²) < 4.78 is 5.46. The van der Waals surface area contributed by atoms with Gasteiger partial charge in [0.05, 0.1) is 19.3 Å². The average Bonchev–Trinajstić information content (AvgIpc) is 2.39. The molecule has 4 atom stereocenters. The lowest BCUT2D eigenvalue weighted by molar-refractivity contribution is 0.0622. The fraction of sp³-hybridized carbons (Fsp3) is 1.00. The number of hydrogen-bond donors (Lipinski definition) is 3. The summed E-state index contributed by atoms with van der Waals surface area (Å²) in [5, 5.41) is 17.0. The van der Waals surface area contributed by atoms with E-state index < -0.39 is 0 Å². The molecule has 2 rings (SSSR count). The summed E-state index contributed by atoms with van der Waals surface area (Å²) in [4.78, 5) is 0. The van der Waals surface area contributed by atoms with Crippen molar-refractivity contribution in [3.63, 3.8) is 0 Å². The van der Waals surface area contributed by atoms with Gasteiger partial charge in [-0.25, -0.2) is 0 Å². The fourth-order valence-electron chi connectivity index (χ4n) is 3.06. The van der Waals surface area contributed by atoms with Crippen molar-refractivity contribution in [3.8, 4) is 0 Å². The number of hydrogen-bond acceptors (Lipinski definition) is 4. The maximum absolute atomic E-state index is 9.93. The maximum atomic E-state index is 9.93. The molecule has 2 fully saturated rings. The van der Waals surface area contributed by atoms with Crippen LogP contribution in [0.25, 0.3) is 0 Å². The van der Waals surface area contributed by atoms with Gasteiger partial charge < -0.3 is 20.5 Å². The SMILES string of the molecule is CC(CC1COCCN1)NCC1CCCCC1O. The molecule has 0 aromatic heterocycles. The highest BCUT2D eigenvalue weighted by molar-refractivity contribution is 4.80. The molecule has 0 radical (unpaired) electrons. The van der Waals surface area contributed by atoms with Gasteiger partial charge in [0.15, 0.2) is 0 Å². The van der Waals surface area contributed by atoms with Crippen molar-refractivity contribution in [1.82, 2.24) is 10.6 Å². The molecule has 106 valence electrons. The van der Waals surface area contributed by atoms with E-state index in [9.17, 15) is 5.11 Å². The monoisotopic (exact) mass is 256 g/mol. The highest BCUT2D eigenvalue weighted by Gasteiger charge is 2.23. The Balaban J connectivity index is 1.62. The van der Waals surface area contributed by atoms with Gasteiger partial charge in [0.1, 0.15) is 0 Å². The van der Waals surface area contributed by atoms with Gasteiger partial charge in [-0.3, -0.25) is 0 Å². The zero-order chi connectivity index (χ0) is 12.8. The lowest BCUT2D eigenvalue weighted by Gasteiger charge is -2.30. The predicted octanol–water partition coefficient (Wildman–Crippen LogP) is 0.894. The van der Waals surface area contributed by atoms with Crippen molar-refractivity contribution < 1.29 is 9.84 Å². The van der Waals surface area contributed by atoms with Crippen molar-refractivity contribution in [3.05, 3.63) is 0 Å². The summed E-state index contributed by atoms with van der Waals surface area (Å²) in [6.07, 6.45) is 5.63. The summed E-state index contributed by atoms with van der Waals surface area (Å²) >= 11 is 0. The lowest BCUT2D eigenvalue weighted by atomic mass is 9.86. The van der Waals surface area contributed by atoms with Crippen LogP contribution < -0.4 is 10.6 Å². The van der Waals surface area contributed by atoms with Gasteiger partial charge in [0.25, 0.3) is 0 Å². The molecule has 0 aromatic carbocycles. The van der Waals surface area contributed by atoms with Crippen LogP contribution in [0.4, 0.5) is 0 Å². The van der Waals surface area contributed by atoms with Crippen LogP contribution in [0.1, 0.15) is 39.0 Å². The van der Waals surface area contributed by atoms with E-state index in [2.05, 4.69) is 17.6 Å². The Bertz CT molecular complexity index is 232. The van der Waals surface area contributed by atoms with Crippen molar-refractivity contribution in [1.29, 1.82) is 0 Å². The summed E-state index contributed by atoms with van der Waals surface area (Å²) in [7, 11) is 0. The molecule has 0 bridgehead atoms. The highest BCUT2D eigenvalue weighted by Crippen LogP contribution is 2.23. The zero-order valence-corrected chi connectivity index (χ0v) is 11.5. The third kappa shape index (κ3) is 4.50. The minimum atomic E-state index is -0.0883. The van der Waals surface area contributed by atoms with Crippen LogP contribution in [0, 0.1) is 5.92 Å². The van der Waals surface area contributed by atoms with Crippen LogP contribution in [-0.2, 0) is 4.74 Å². The smallest absolute Gasteiger partial charge is 0.0620 e. The van der Waals surface area contributed by atoms with E-state index in [1.54, 1.807) is 0 Å². The van der Waals surface area contributed by atoms with Crippen LogP contribution in [-0.4, -0.2) is 49.6 Å². The normalized spacial score (nSPS) is 35.3. The van der Waals surface area contributed by atoms with Gasteiger partial charge in [0, 0.05) is 25.2 Å². The van der Waals surface area contributed by atoms with Crippen LogP contribution >= 0.6 is 0 Å². The van der Waals surface area contributed by atoms with E-state index in [0.29, 0.717) is 18.0 Å². The first-order valence-electron chi connectivity index (χ1n) is 7.48. The summed E-state index contributed by atoms with van der Waals surface area (Å²) in [5.41, 5.74) is 0. The van der Waals surface area contributed by atoms with E-state index >= 15 is 0 Å². The summed E-state index contributed by atoms with van der Waals surface area (Å²) in [6, 6.07) is 0.968. The largest absolute Gasteiger partial charge is 0.393 e. The van der Waals surface area contributed by atoms with E-state index in [-0.39, 0.29) is 6.10 Å². The fourth-order valence-corrected chi connectivity index (χ4v) is 3.06. The highest BCUT2D eigenvalue weighted by atomic mass is 16.5. The third-order valence-corrected chi connectivity index (χ3v) is 4.23. The maximum Gasteiger partial charge on any atom is 0.0620 e. The van der Waals surface area contributed by atoms with Gasteiger partial charge in [-0.05, 0) is 32.1 Å². The van der Waals surface area contributed by atoms with Crippen LogP contribution in [0.5, 0.6) is 0 Å². The van der Waals surface area contributed by atoms with Crippen molar-refractivity contribution in [2.75, 3.05) is 26.3 Å². The molecule has 2 aliphatic rings. The van der Waals surface area contributed by atoms with Gasteiger partial charge >= 0.3 is 0 Å². The molecule has 1 saturated heterocycles. The van der Waals surface area contributed by atoms with Crippen LogP contribution in [0.3, 0.4) is 0 Å². The molecule has 0 amide bonds. The molecule has 0 spiro atoms. The average molecular weight is 256 g/mol. The second kappa shape index (κ2) is 7.43. The summed E-state index contributed by atoms with van der Waals surface area (Å²) in [6.45, 7) is 5.82. The van der Waals surface area contributed by atoms with Gasteiger partial charge in [0.2, 0.25) is 0 Å². The summed E-state index contributed by atoms with van der Waals surface area (Å²) in [5.74, 6) is 0.455. The molecule has 1 aliphatic heterocycles. The second-order valence-corrected chi connectivity index (χ2v) is 5.88. The Morgan fingerprint density at radius 2 is 2.22 bits per heavy atom. The minimum Gasteiger partial charge on any atom is -0.393 e. The molecule has 0 aromatic rings. The van der Waals surface area contributed by atoms with Crippen molar-refractivity contribution in [2.45, 2.75) is 57.2 Å². The molecule has 18 heavy (non-hydrogen) atoms. The lowest BCUT2D eigenvalue weighted by Crippen LogP contribution is -2.46. The number of aliphatic hydroxyl groups excluding tert-OH is 1. The molecule has 3 N–H and O–H groups in total. The van der Waals surface area contributed by atoms with E-state index in [0.717, 1.165) is 39.1 Å². The molecule has 4 unspecified atom stereocenters. The molecule has 1 saturated carbocycles. The Kier molecular flexibility index (Phi) is 5.89. The number of aliphatic hydroxyl groups is 1.